The molecular formula is C9H12N2O5S3. The number of anilines is 1. The van der Waals surface area contributed by atoms with Crippen molar-refractivity contribution in [2.45, 2.75) is 0 Å². The van der Waals surface area contributed by atoms with E-state index in [0.717, 1.165) is 17.6 Å². The van der Waals surface area contributed by atoms with Gasteiger partial charge in [-0.15, -0.1) is 0 Å². The van der Waals surface area contributed by atoms with E-state index >= 15 is 0 Å². The third kappa shape index (κ3) is 6.53. The fourth-order valence-electron chi connectivity index (χ4n) is 0.951. The quantitative estimate of drug-likeness (QED) is 0.691. The lowest BCUT2D eigenvalue weighted by molar-refractivity contribution is 0.350. The maximum atomic E-state index is 11.6. The molecule has 1 heterocycles. The zero-order valence-corrected chi connectivity index (χ0v) is 12.4. The first-order chi connectivity index (χ1) is 8.72. The summed E-state index contributed by atoms with van der Waals surface area (Å²) in [7, 11) is -7.10. The van der Waals surface area contributed by atoms with Crippen LogP contribution in [0.4, 0.5) is 5.13 Å². The molecule has 7 nitrogen and oxygen atoms in total. The van der Waals surface area contributed by atoms with Gasteiger partial charge in [-0.1, -0.05) is 23.2 Å². The third-order valence-electron chi connectivity index (χ3n) is 1.76. The lowest BCUT2D eigenvalue weighted by Gasteiger charge is -2.03. The molecule has 0 aliphatic rings. The molecule has 0 atom stereocenters. The van der Waals surface area contributed by atoms with Gasteiger partial charge in [0.15, 0.2) is 5.13 Å². The van der Waals surface area contributed by atoms with Crippen LogP contribution in [-0.2, 0) is 19.9 Å². The van der Waals surface area contributed by atoms with E-state index in [9.17, 15) is 16.8 Å². The average molecular weight is 324 g/mol. The van der Waals surface area contributed by atoms with Gasteiger partial charge >= 0.3 is 0 Å². The van der Waals surface area contributed by atoms with E-state index in [0.29, 0.717) is 4.88 Å². The standard InChI is InChI=1S/C9H12N2O5S3/c1-18(13,14)5-6-19(15,16)11-9-10-7-8(17-9)3-2-4-12/h7,12H,4-6H2,1H3,(H,10,11). The molecule has 1 rings (SSSR count). The summed E-state index contributed by atoms with van der Waals surface area (Å²) < 4.78 is 47.2. The van der Waals surface area contributed by atoms with Crippen LogP contribution in [0, 0.1) is 11.8 Å². The average Bonchev–Trinajstić information content (AvgIpc) is 2.70. The van der Waals surface area contributed by atoms with E-state index in [1.54, 1.807) is 0 Å². The van der Waals surface area contributed by atoms with Crippen LogP contribution in [0.5, 0.6) is 0 Å². The zero-order valence-electron chi connectivity index (χ0n) is 9.95. The minimum absolute atomic E-state index is 0.107. The van der Waals surface area contributed by atoms with Crippen LogP contribution < -0.4 is 4.72 Å². The van der Waals surface area contributed by atoms with Crippen molar-refractivity contribution in [1.29, 1.82) is 0 Å². The first kappa shape index (κ1) is 15.9. The summed E-state index contributed by atoms with van der Waals surface area (Å²) >= 11 is 0.997. The molecule has 0 amide bonds. The molecule has 0 saturated heterocycles. The van der Waals surface area contributed by atoms with E-state index < -0.39 is 31.4 Å². The van der Waals surface area contributed by atoms with Crippen molar-refractivity contribution in [1.82, 2.24) is 4.98 Å². The number of hydrogen-bond donors (Lipinski definition) is 2. The Morgan fingerprint density at radius 2 is 2.05 bits per heavy atom. The number of nitrogens with one attached hydrogen (secondary N) is 1. The molecule has 2 N–H and O–H groups in total. The Hall–Kier alpha value is -1.15. The van der Waals surface area contributed by atoms with Gasteiger partial charge in [-0.25, -0.2) is 21.8 Å². The Morgan fingerprint density at radius 3 is 2.63 bits per heavy atom. The molecule has 10 heteroatoms. The predicted octanol–water partition coefficient (Wildman–Crippen LogP) is -0.727. The zero-order chi connectivity index (χ0) is 14.5. The van der Waals surface area contributed by atoms with Crippen molar-refractivity contribution >= 4 is 36.3 Å². The van der Waals surface area contributed by atoms with Gasteiger partial charge in [-0.2, -0.15) is 0 Å². The van der Waals surface area contributed by atoms with Crippen molar-refractivity contribution in [2.24, 2.45) is 0 Å². The largest absolute Gasteiger partial charge is 0.384 e. The maximum absolute atomic E-state index is 11.6. The van der Waals surface area contributed by atoms with E-state index in [4.69, 9.17) is 5.11 Å². The molecule has 0 aliphatic heterocycles. The highest BCUT2D eigenvalue weighted by Gasteiger charge is 2.16. The Morgan fingerprint density at radius 1 is 1.37 bits per heavy atom. The second-order valence-corrected chi connectivity index (χ2v) is 8.67. The van der Waals surface area contributed by atoms with E-state index in [2.05, 4.69) is 21.5 Å². The van der Waals surface area contributed by atoms with Crippen LogP contribution in [0.2, 0.25) is 0 Å². The molecule has 1 aromatic rings. The Labute approximate surface area is 115 Å². The molecule has 1 aromatic heterocycles. The number of hydrogen-bond acceptors (Lipinski definition) is 7. The number of aliphatic hydroxyl groups is 1. The molecule has 0 radical (unpaired) electrons. The van der Waals surface area contributed by atoms with Crippen LogP contribution in [0.25, 0.3) is 0 Å². The Kier molecular flexibility index (Phi) is 5.30. The van der Waals surface area contributed by atoms with Crippen molar-refractivity contribution in [3.05, 3.63) is 11.1 Å². The number of rotatable bonds is 5. The third-order valence-corrected chi connectivity index (χ3v) is 5.17. The summed E-state index contributed by atoms with van der Waals surface area (Å²) in [5, 5.41) is 8.62. The van der Waals surface area contributed by atoms with Crippen molar-refractivity contribution in [3.8, 4) is 11.8 Å². The molecule has 0 aromatic carbocycles. The molecule has 0 aliphatic carbocycles. The van der Waals surface area contributed by atoms with Crippen LogP contribution in [0.3, 0.4) is 0 Å². The molecule has 0 unspecified atom stereocenters. The summed E-state index contributed by atoms with van der Waals surface area (Å²) in [5.74, 6) is 4.01. The van der Waals surface area contributed by atoms with Crippen molar-refractivity contribution in [2.75, 3.05) is 29.1 Å². The van der Waals surface area contributed by atoms with Gasteiger partial charge in [0, 0.05) is 6.26 Å². The number of thiazole rings is 1. The second-order valence-electron chi connectivity index (χ2n) is 3.54. The number of aliphatic hydroxyl groups excluding tert-OH is 1. The normalized spacial score (nSPS) is 11.7. The molecule has 106 valence electrons. The van der Waals surface area contributed by atoms with Crippen LogP contribution in [0.1, 0.15) is 4.88 Å². The van der Waals surface area contributed by atoms with E-state index in [-0.39, 0.29) is 11.7 Å². The number of aromatic nitrogens is 1. The SMILES string of the molecule is CS(=O)(=O)CCS(=O)(=O)Nc1ncc(C#CCO)s1. The molecule has 19 heavy (non-hydrogen) atoms. The van der Waals surface area contributed by atoms with Crippen molar-refractivity contribution < 1.29 is 21.9 Å². The molecule has 0 fully saturated rings. The number of nitrogens with zero attached hydrogens (tertiary/aromatic N) is 1. The van der Waals surface area contributed by atoms with Gasteiger partial charge in [0.05, 0.1) is 22.6 Å². The number of sulfonamides is 1. The Bertz CT molecular complexity index is 694. The molecule has 0 bridgehead atoms. The topological polar surface area (TPSA) is 113 Å². The lowest BCUT2D eigenvalue weighted by atomic mass is 10.5. The summed E-state index contributed by atoms with van der Waals surface area (Å²) in [6.07, 6.45) is 2.33. The summed E-state index contributed by atoms with van der Waals surface area (Å²) in [6.45, 7) is -0.298. The Balaban J connectivity index is 2.71. The van der Waals surface area contributed by atoms with Gasteiger partial charge in [-0.3, -0.25) is 4.72 Å². The molecule has 0 saturated carbocycles. The van der Waals surface area contributed by atoms with E-state index in [1.807, 2.05) is 0 Å². The maximum Gasteiger partial charge on any atom is 0.235 e. The summed E-state index contributed by atoms with van der Waals surface area (Å²) in [6, 6.07) is 0. The lowest BCUT2D eigenvalue weighted by Crippen LogP contribution is -2.22. The molecule has 0 spiro atoms. The van der Waals surface area contributed by atoms with Gasteiger partial charge in [0.25, 0.3) is 0 Å². The smallest absolute Gasteiger partial charge is 0.235 e. The minimum Gasteiger partial charge on any atom is -0.384 e. The van der Waals surface area contributed by atoms with Crippen LogP contribution in [0.15, 0.2) is 6.20 Å². The second kappa shape index (κ2) is 6.33. The predicted molar refractivity (Wildman–Crippen MR) is 73.2 cm³/mol. The highest BCUT2D eigenvalue weighted by atomic mass is 32.2. The van der Waals surface area contributed by atoms with E-state index in [1.165, 1.54) is 6.20 Å². The fourth-order valence-corrected chi connectivity index (χ4v) is 4.55. The minimum atomic E-state index is -3.75. The first-order valence-electron chi connectivity index (χ1n) is 4.95. The van der Waals surface area contributed by atoms with Gasteiger partial charge in [-0.05, 0) is 0 Å². The number of sulfone groups is 1. The molecular weight excluding hydrogens is 312 g/mol. The van der Waals surface area contributed by atoms with Gasteiger partial charge in [0.2, 0.25) is 10.0 Å². The highest BCUT2D eigenvalue weighted by Crippen LogP contribution is 2.18. The van der Waals surface area contributed by atoms with Crippen LogP contribution >= 0.6 is 11.3 Å². The fraction of sp³-hybridized carbons (Fsp3) is 0.444. The van der Waals surface area contributed by atoms with Crippen molar-refractivity contribution in [3.63, 3.8) is 0 Å². The van der Waals surface area contributed by atoms with Gasteiger partial charge in [0.1, 0.15) is 16.4 Å². The summed E-state index contributed by atoms with van der Waals surface area (Å²) in [4.78, 5) is 4.29. The summed E-state index contributed by atoms with van der Waals surface area (Å²) in [5.41, 5.74) is 0. The first-order valence-corrected chi connectivity index (χ1v) is 9.48. The van der Waals surface area contributed by atoms with Crippen LogP contribution in [-0.4, -0.2) is 51.3 Å². The van der Waals surface area contributed by atoms with Gasteiger partial charge < -0.3 is 5.11 Å². The highest BCUT2D eigenvalue weighted by molar-refractivity contribution is 7.95. The monoisotopic (exact) mass is 324 g/mol.